The van der Waals surface area contributed by atoms with Crippen LogP contribution < -0.4 is 5.32 Å². The number of amides is 1. The molecule has 1 rings (SSSR count). The van der Waals surface area contributed by atoms with Gasteiger partial charge in [-0.15, -0.1) is 0 Å². The fourth-order valence-corrected chi connectivity index (χ4v) is 1.83. The lowest BCUT2D eigenvalue weighted by Gasteiger charge is -2.22. The third-order valence-corrected chi connectivity index (χ3v) is 2.60. The van der Waals surface area contributed by atoms with Gasteiger partial charge in [-0.3, -0.25) is 0 Å². The topological polar surface area (TPSA) is 68.5 Å². The molecular weight excluding hydrogens is 314 g/mol. The number of hydrogen-bond acceptors (Lipinski definition) is 4. The Labute approximate surface area is 120 Å². The van der Waals surface area contributed by atoms with Crippen LogP contribution in [0.15, 0.2) is 21.2 Å². The fraction of sp³-hybridized carbons (Fsp3) is 0.538. The van der Waals surface area contributed by atoms with Crippen molar-refractivity contribution in [2.45, 2.75) is 45.3 Å². The molecule has 19 heavy (non-hydrogen) atoms. The Kier molecular flexibility index (Phi) is 5.60. The molecule has 1 N–H and O–H groups in total. The minimum Gasteiger partial charge on any atom is -0.454 e. The summed E-state index contributed by atoms with van der Waals surface area (Å²) < 4.78 is 11.1. The quantitative estimate of drug-likeness (QED) is 0.842. The van der Waals surface area contributed by atoms with Crippen molar-refractivity contribution in [2.75, 3.05) is 0 Å². The van der Waals surface area contributed by atoms with E-state index in [9.17, 15) is 9.59 Å². The third kappa shape index (κ3) is 6.42. The molecule has 5 nitrogen and oxygen atoms in total. The maximum absolute atomic E-state index is 11.7. The summed E-state index contributed by atoms with van der Waals surface area (Å²) >= 11 is 3.20. The number of carbonyl (C=O) groups is 2. The van der Waals surface area contributed by atoms with Crippen LogP contribution in [0.1, 0.15) is 33.0 Å². The lowest BCUT2D eigenvalue weighted by Crippen LogP contribution is -2.40. The van der Waals surface area contributed by atoms with Crippen LogP contribution in [0.2, 0.25) is 0 Å². The molecule has 0 aliphatic heterocycles. The fourth-order valence-electron chi connectivity index (χ4n) is 1.49. The molecule has 0 radical (unpaired) electrons. The molecule has 0 aromatic carbocycles. The van der Waals surface area contributed by atoms with Gasteiger partial charge in [0.05, 0.1) is 0 Å². The molecule has 1 heterocycles. The molecule has 0 aliphatic carbocycles. The minimum atomic E-state index is -0.566. The molecule has 0 spiro atoms. The molecule has 0 aliphatic rings. The van der Waals surface area contributed by atoms with Crippen LogP contribution in [0, 0.1) is 0 Å². The van der Waals surface area contributed by atoms with Gasteiger partial charge < -0.3 is 19.3 Å². The number of ether oxygens (including phenoxy) is 1. The molecule has 1 atom stereocenters. The van der Waals surface area contributed by atoms with Gasteiger partial charge in [-0.25, -0.2) is 4.79 Å². The molecule has 0 bridgehead atoms. The van der Waals surface area contributed by atoms with Crippen molar-refractivity contribution < 1.29 is 18.7 Å². The number of rotatable bonds is 5. The minimum absolute atomic E-state index is 0.206. The standard InChI is InChI=1S/C13H18BrNO4/c1-13(2,3)19-12(17)15-9(6-7-16)8-10-4-5-11(14)18-10/h4-5,7,9H,6,8H2,1-3H3,(H,15,17)/t9-/m0/s1. The lowest BCUT2D eigenvalue weighted by molar-refractivity contribution is -0.108. The summed E-state index contributed by atoms with van der Waals surface area (Å²) in [5.74, 6) is 0.690. The van der Waals surface area contributed by atoms with E-state index >= 15 is 0 Å². The summed E-state index contributed by atoms with van der Waals surface area (Å²) in [5, 5.41) is 2.66. The van der Waals surface area contributed by atoms with Crippen molar-refractivity contribution in [3.05, 3.63) is 22.6 Å². The van der Waals surface area contributed by atoms with Crippen LogP contribution in [0.5, 0.6) is 0 Å². The van der Waals surface area contributed by atoms with Crippen molar-refractivity contribution in [3.8, 4) is 0 Å². The highest BCUT2D eigenvalue weighted by Crippen LogP contribution is 2.16. The van der Waals surface area contributed by atoms with Crippen LogP contribution >= 0.6 is 15.9 Å². The highest BCUT2D eigenvalue weighted by molar-refractivity contribution is 9.10. The monoisotopic (exact) mass is 331 g/mol. The Balaban J connectivity index is 2.57. The smallest absolute Gasteiger partial charge is 0.407 e. The van der Waals surface area contributed by atoms with Crippen molar-refractivity contribution in [3.63, 3.8) is 0 Å². The molecule has 0 unspecified atom stereocenters. The summed E-state index contributed by atoms with van der Waals surface area (Å²) in [6, 6.07) is 3.21. The summed E-state index contributed by atoms with van der Waals surface area (Å²) in [6.07, 6.45) is 0.867. The van der Waals surface area contributed by atoms with Gasteiger partial charge in [0.15, 0.2) is 4.67 Å². The van der Waals surface area contributed by atoms with E-state index in [1.54, 1.807) is 32.9 Å². The molecule has 1 aromatic rings. The zero-order chi connectivity index (χ0) is 14.5. The highest BCUT2D eigenvalue weighted by atomic mass is 79.9. The number of carbonyl (C=O) groups excluding carboxylic acids is 2. The normalized spacial score (nSPS) is 12.8. The molecule has 1 amide bonds. The number of aldehydes is 1. The average Bonchev–Trinajstić information content (AvgIpc) is 2.61. The second-order valence-corrected chi connectivity index (χ2v) is 5.94. The largest absolute Gasteiger partial charge is 0.454 e. The van der Waals surface area contributed by atoms with E-state index in [4.69, 9.17) is 9.15 Å². The van der Waals surface area contributed by atoms with Crippen LogP contribution in [-0.2, 0) is 16.0 Å². The second-order valence-electron chi connectivity index (χ2n) is 5.16. The van der Waals surface area contributed by atoms with Crippen molar-refractivity contribution >= 4 is 28.3 Å². The number of halogens is 1. The van der Waals surface area contributed by atoms with Crippen molar-refractivity contribution in [1.82, 2.24) is 5.32 Å². The van der Waals surface area contributed by atoms with E-state index in [0.29, 0.717) is 16.9 Å². The summed E-state index contributed by atoms with van der Waals surface area (Å²) in [6.45, 7) is 5.35. The van der Waals surface area contributed by atoms with Gasteiger partial charge in [0.2, 0.25) is 0 Å². The molecular formula is C13H18BrNO4. The Hall–Kier alpha value is -1.30. The molecule has 6 heteroatoms. The number of nitrogens with one attached hydrogen (secondary N) is 1. The first-order chi connectivity index (χ1) is 8.80. The van der Waals surface area contributed by atoms with Crippen LogP contribution in [0.4, 0.5) is 4.79 Å². The first-order valence-electron chi connectivity index (χ1n) is 5.97. The van der Waals surface area contributed by atoms with E-state index in [1.807, 2.05) is 0 Å². The summed E-state index contributed by atoms with van der Waals surface area (Å²) in [5.41, 5.74) is -0.566. The summed E-state index contributed by atoms with van der Waals surface area (Å²) in [4.78, 5) is 22.3. The highest BCUT2D eigenvalue weighted by Gasteiger charge is 2.20. The Bertz CT molecular complexity index is 436. The van der Waals surface area contributed by atoms with Gasteiger partial charge in [0.1, 0.15) is 17.6 Å². The Morgan fingerprint density at radius 1 is 1.53 bits per heavy atom. The van der Waals surface area contributed by atoms with Crippen LogP contribution in [0.25, 0.3) is 0 Å². The predicted octanol–water partition coefficient (Wildman–Crippen LogP) is 3.07. The summed E-state index contributed by atoms with van der Waals surface area (Å²) in [7, 11) is 0. The predicted molar refractivity (Wildman–Crippen MR) is 74.0 cm³/mol. The van der Waals surface area contributed by atoms with E-state index in [2.05, 4.69) is 21.2 Å². The van der Waals surface area contributed by atoms with Gasteiger partial charge in [0.25, 0.3) is 0 Å². The van der Waals surface area contributed by atoms with Crippen molar-refractivity contribution in [1.29, 1.82) is 0 Å². The Morgan fingerprint density at radius 2 is 2.21 bits per heavy atom. The molecule has 0 saturated heterocycles. The zero-order valence-electron chi connectivity index (χ0n) is 11.2. The first-order valence-corrected chi connectivity index (χ1v) is 6.77. The number of alkyl carbamates (subject to hydrolysis) is 1. The van der Waals surface area contributed by atoms with Gasteiger partial charge in [-0.1, -0.05) is 0 Å². The second kappa shape index (κ2) is 6.75. The van der Waals surface area contributed by atoms with Gasteiger partial charge in [-0.05, 0) is 48.8 Å². The maximum atomic E-state index is 11.7. The van der Waals surface area contributed by atoms with Gasteiger partial charge in [-0.2, -0.15) is 0 Å². The third-order valence-electron chi connectivity index (χ3n) is 2.18. The molecule has 0 saturated carbocycles. The van der Waals surface area contributed by atoms with Crippen LogP contribution in [-0.4, -0.2) is 24.0 Å². The average molecular weight is 332 g/mol. The van der Waals surface area contributed by atoms with E-state index < -0.39 is 11.7 Å². The molecule has 106 valence electrons. The van der Waals surface area contributed by atoms with Crippen molar-refractivity contribution in [2.24, 2.45) is 0 Å². The molecule has 1 aromatic heterocycles. The SMILES string of the molecule is CC(C)(C)OC(=O)N[C@@H](CC=O)Cc1ccc(Br)o1. The van der Waals surface area contributed by atoms with E-state index in [-0.39, 0.29) is 12.5 Å². The maximum Gasteiger partial charge on any atom is 0.407 e. The van der Waals surface area contributed by atoms with E-state index in [0.717, 1.165) is 6.29 Å². The number of furan rings is 1. The van der Waals surface area contributed by atoms with Crippen LogP contribution in [0.3, 0.4) is 0 Å². The lowest BCUT2D eigenvalue weighted by atomic mass is 10.1. The van der Waals surface area contributed by atoms with Gasteiger partial charge in [0, 0.05) is 18.9 Å². The first kappa shape index (κ1) is 15.8. The number of hydrogen-bond donors (Lipinski definition) is 1. The van der Waals surface area contributed by atoms with Gasteiger partial charge >= 0.3 is 6.09 Å². The van der Waals surface area contributed by atoms with E-state index in [1.165, 1.54) is 0 Å². The zero-order valence-corrected chi connectivity index (χ0v) is 12.8. The Morgan fingerprint density at radius 3 is 2.68 bits per heavy atom. The molecule has 0 fully saturated rings.